The van der Waals surface area contributed by atoms with Crippen molar-refractivity contribution >= 4 is 5.91 Å². The van der Waals surface area contributed by atoms with Crippen molar-refractivity contribution in [1.29, 1.82) is 0 Å². The van der Waals surface area contributed by atoms with Gasteiger partial charge in [-0.05, 0) is 37.3 Å². The summed E-state index contributed by atoms with van der Waals surface area (Å²) in [5.41, 5.74) is 4.67. The van der Waals surface area contributed by atoms with E-state index in [-0.39, 0.29) is 11.9 Å². The largest absolute Gasteiger partial charge is 0.376 e. The third-order valence-corrected chi connectivity index (χ3v) is 5.87. The smallest absolute Gasteiger partial charge is 0.223 e. The zero-order valence-corrected chi connectivity index (χ0v) is 16.8. The Morgan fingerprint density at radius 3 is 3.11 bits per heavy atom. The highest BCUT2D eigenvalue weighted by atomic mass is 16.5. The second-order valence-corrected chi connectivity index (χ2v) is 7.83. The molecule has 0 spiro atoms. The molecule has 0 aliphatic carbocycles. The van der Waals surface area contributed by atoms with Gasteiger partial charge in [-0.25, -0.2) is 0 Å². The van der Waals surface area contributed by atoms with Crippen molar-refractivity contribution in [3.63, 3.8) is 0 Å². The van der Waals surface area contributed by atoms with Crippen molar-refractivity contribution in [3.8, 4) is 0 Å². The lowest BCUT2D eigenvalue weighted by Gasteiger charge is -2.35. The Hall–Kier alpha value is -2.21. The number of rotatable bonds is 6. The summed E-state index contributed by atoms with van der Waals surface area (Å²) in [7, 11) is 0. The summed E-state index contributed by atoms with van der Waals surface area (Å²) in [5.74, 6) is 0.277. The van der Waals surface area contributed by atoms with Gasteiger partial charge in [0, 0.05) is 43.0 Å². The molecule has 6 heteroatoms. The highest BCUT2D eigenvalue weighted by Gasteiger charge is 2.33. The van der Waals surface area contributed by atoms with Gasteiger partial charge in [-0.15, -0.1) is 0 Å². The highest BCUT2D eigenvalue weighted by Crippen LogP contribution is 2.35. The maximum absolute atomic E-state index is 12.9. The van der Waals surface area contributed by atoms with Crippen LogP contribution in [0.4, 0.5) is 0 Å². The molecule has 1 atom stereocenters. The molecule has 1 fully saturated rings. The van der Waals surface area contributed by atoms with E-state index >= 15 is 0 Å². The number of carbonyl (C=O) groups is 1. The van der Waals surface area contributed by atoms with Gasteiger partial charge in [0.25, 0.3) is 0 Å². The zero-order chi connectivity index (χ0) is 19.3. The Morgan fingerprint density at radius 2 is 2.29 bits per heavy atom. The number of carbonyl (C=O) groups excluding carboxylic acids is 1. The third kappa shape index (κ3) is 3.97. The molecule has 2 aromatic rings. The normalized spacial score (nSPS) is 19.5. The van der Waals surface area contributed by atoms with Gasteiger partial charge < -0.3 is 9.64 Å². The summed E-state index contributed by atoms with van der Waals surface area (Å²) in [4.78, 5) is 19.2. The van der Waals surface area contributed by atoms with Crippen LogP contribution in [0.25, 0.3) is 0 Å². The fourth-order valence-corrected chi connectivity index (χ4v) is 4.38. The monoisotopic (exact) mass is 382 g/mol. The van der Waals surface area contributed by atoms with Crippen LogP contribution in [0.3, 0.4) is 0 Å². The van der Waals surface area contributed by atoms with E-state index in [4.69, 9.17) is 9.84 Å². The molecule has 28 heavy (non-hydrogen) atoms. The van der Waals surface area contributed by atoms with Crippen molar-refractivity contribution in [2.75, 3.05) is 13.2 Å². The number of amides is 1. The fraction of sp³-hybridized carbons (Fsp3) is 0.591. The molecule has 0 N–H and O–H groups in total. The molecule has 4 rings (SSSR count). The molecular formula is C22H30N4O2. The van der Waals surface area contributed by atoms with Gasteiger partial charge >= 0.3 is 0 Å². The molecule has 0 saturated carbocycles. The zero-order valence-electron chi connectivity index (χ0n) is 16.8. The Labute approximate surface area is 166 Å². The first-order valence-corrected chi connectivity index (χ1v) is 10.6. The number of hydrogen-bond acceptors (Lipinski definition) is 4. The maximum Gasteiger partial charge on any atom is 0.223 e. The molecule has 150 valence electrons. The topological polar surface area (TPSA) is 60.2 Å². The second-order valence-electron chi connectivity index (χ2n) is 7.83. The number of pyridine rings is 1. The molecule has 6 nitrogen and oxygen atoms in total. The third-order valence-electron chi connectivity index (χ3n) is 5.87. The molecule has 2 aliphatic heterocycles. The lowest BCUT2D eigenvalue weighted by atomic mass is 9.95. The van der Waals surface area contributed by atoms with Crippen LogP contribution in [-0.4, -0.2) is 38.7 Å². The minimum Gasteiger partial charge on any atom is -0.376 e. The number of likely N-dealkylation sites (tertiary alicyclic amines) is 1. The van der Waals surface area contributed by atoms with Crippen LogP contribution in [0.1, 0.15) is 74.0 Å². The Morgan fingerprint density at radius 1 is 1.36 bits per heavy atom. The van der Waals surface area contributed by atoms with Gasteiger partial charge in [-0.1, -0.05) is 19.4 Å². The van der Waals surface area contributed by atoms with E-state index in [2.05, 4.69) is 27.6 Å². The van der Waals surface area contributed by atoms with E-state index in [1.165, 1.54) is 11.3 Å². The minimum atomic E-state index is 0.0868. The van der Waals surface area contributed by atoms with Crippen molar-refractivity contribution in [3.05, 3.63) is 47.0 Å². The number of aromatic nitrogens is 3. The first kappa shape index (κ1) is 19.1. The molecular weight excluding hydrogens is 352 g/mol. The number of ether oxygens (including phenoxy) is 1. The lowest BCUT2D eigenvalue weighted by Crippen LogP contribution is -2.39. The number of nitrogens with zero attached hydrogens (tertiary/aromatic N) is 4. The van der Waals surface area contributed by atoms with Crippen LogP contribution in [0.5, 0.6) is 0 Å². The van der Waals surface area contributed by atoms with Gasteiger partial charge in [0.05, 0.1) is 31.5 Å². The summed E-state index contributed by atoms with van der Waals surface area (Å²) in [6.45, 7) is 5.03. The van der Waals surface area contributed by atoms with Crippen LogP contribution in [-0.2, 0) is 29.1 Å². The van der Waals surface area contributed by atoms with E-state index in [1.807, 2.05) is 12.3 Å². The first-order chi connectivity index (χ1) is 13.8. The standard InChI is InChI=1S/C22H30N4O2/c1-2-3-9-21(27)25-12-5-4-8-20(25)22-18-16-28-13-10-19(18)26(24-22)15-17-7-6-11-23-14-17/h6-7,11,14,20H,2-5,8-10,12-13,15-16H2,1H3. The number of piperidine rings is 1. The molecule has 4 heterocycles. The van der Waals surface area contributed by atoms with Crippen LogP contribution in [0, 0.1) is 0 Å². The predicted octanol–water partition coefficient (Wildman–Crippen LogP) is 3.64. The van der Waals surface area contributed by atoms with E-state index < -0.39 is 0 Å². The van der Waals surface area contributed by atoms with E-state index in [0.717, 1.165) is 62.9 Å². The average Bonchev–Trinajstić information content (AvgIpc) is 3.11. The molecule has 1 unspecified atom stereocenters. The van der Waals surface area contributed by atoms with E-state index in [1.54, 1.807) is 6.20 Å². The van der Waals surface area contributed by atoms with Crippen molar-refractivity contribution < 1.29 is 9.53 Å². The molecule has 1 amide bonds. The SMILES string of the molecule is CCCCC(=O)N1CCCCC1c1nn(Cc2cccnc2)c2c1COCC2. The molecule has 0 bridgehead atoms. The average molecular weight is 383 g/mol. The van der Waals surface area contributed by atoms with Crippen LogP contribution >= 0.6 is 0 Å². The second kappa shape index (κ2) is 8.86. The predicted molar refractivity (Wildman–Crippen MR) is 107 cm³/mol. The van der Waals surface area contributed by atoms with Gasteiger partial charge in [0.2, 0.25) is 5.91 Å². The van der Waals surface area contributed by atoms with Crippen molar-refractivity contribution in [1.82, 2.24) is 19.7 Å². The Bertz CT molecular complexity index is 802. The van der Waals surface area contributed by atoms with Gasteiger partial charge in [0.15, 0.2) is 0 Å². The van der Waals surface area contributed by atoms with Crippen LogP contribution < -0.4 is 0 Å². The quantitative estimate of drug-likeness (QED) is 0.765. The number of fused-ring (bicyclic) bond motifs is 1. The molecule has 2 aliphatic rings. The number of hydrogen-bond donors (Lipinski definition) is 0. The van der Waals surface area contributed by atoms with Gasteiger partial charge in [-0.2, -0.15) is 5.10 Å². The highest BCUT2D eigenvalue weighted by molar-refractivity contribution is 5.76. The number of unbranched alkanes of at least 4 members (excludes halogenated alkanes) is 1. The maximum atomic E-state index is 12.9. The lowest BCUT2D eigenvalue weighted by molar-refractivity contribution is -0.135. The molecule has 0 radical (unpaired) electrons. The Balaban J connectivity index is 1.65. The fourth-order valence-electron chi connectivity index (χ4n) is 4.38. The summed E-state index contributed by atoms with van der Waals surface area (Å²) in [6.07, 6.45) is 10.4. The minimum absolute atomic E-state index is 0.0868. The molecule has 0 aromatic carbocycles. The van der Waals surface area contributed by atoms with E-state index in [9.17, 15) is 4.79 Å². The van der Waals surface area contributed by atoms with Crippen LogP contribution in [0.2, 0.25) is 0 Å². The van der Waals surface area contributed by atoms with Gasteiger partial charge in [-0.3, -0.25) is 14.5 Å². The van der Waals surface area contributed by atoms with Crippen molar-refractivity contribution in [2.24, 2.45) is 0 Å². The summed E-state index contributed by atoms with van der Waals surface area (Å²) >= 11 is 0. The van der Waals surface area contributed by atoms with E-state index in [0.29, 0.717) is 19.6 Å². The van der Waals surface area contributed by atoms with Crippen LogP contribution in [0.15, 0.2) is 24.5 Å². The Kier molecular flexibility index (Phi) is 6.05. The molecule has 2 aromatic heterocycles. The summed E-state index contributed by atoms with van der Waals surface area (Å²) in [6, 6.07) is 4.13. The molecule has 1 saturated heterocycles. The summed E-state index contributed by atoms with van der Waals surface area (Å²) in [5, 5.41) is 5.04. The first-order valence-electron chi connectivity index (χ1n) is 10.6. The van der Waals surface area contributed by atoms with Crippen molar-refractivity contribution in [2.45, 2.75) is 71.1 Å². The summed E-state index contributed by atoms with van der Waals surface area (Å²) < 4.78 is 7.90. The van der Waals surface area contributed by atoms with Gasteiger partial charge in [0.1, 0.15) is 0 Å².